The number of benzene rings is 4. The largest absolute Gasteiger partial charge is 0.244 e. The molecule has 0 saturated carbocycles. The molecule has 2 heterocycles. The molecule has 7 rings (SSSR count). The van der Waals surface area contributed by atoms with Crippen LogP contribution in [-0.2, 0) is 0 Å². The van der Waals surface area contributed by atoms with Gasteiger partial charge in [-0.1, -0.05) is 190 Å². The summed E-state index contributed by atoms with van der Waals surface area (Å²) in [5.41, 5.74) is 37.9. The molecule has 0 amide bonds. The van der Waals surface area contributed by atoms with Crippen LogP contribution in [0.2, 0.25) is 66.5 Å². The Morgan fingerprint density at radius 1 is 0.224 bits per heavy atom. The predicted octanol–water partition coefficient (Wildman–Crippen LogP) is 19.8. The van der Waals surface area contributed by atoms with Gasteiger partial charge in [0.05, 0.1) is 44.1 Å². The van der Waals surface area contributed by atoms with Gasteiger partial charge in [0.25, 0.3) is 0 Å². The van der Waals surface area contributed by atoms with E-state index in [1.807, 2.05) is 0 Å². The molecule has 0 unspecified atom stereocenters. The van der Waals surface area contributed by atoms with Crippen molar-refractivity contribution in [2.45, 2.75) is 233 Å². The summed E-state index contributed by atoms with van der Waals surface area (Å²) in [6.45, 7) is 57.2. The second-order valence-electron chi connectivity index (χ2n) is 26.6. The van der Waals surface area contributed by atoms with Crippen LogP contribution in [-0.4, -0.2) is 52.2 Å². The Morgan fingerprint density at radius 2 is 0.355 bits per heavy atom. The predicted molar refractivity (Wildman–Crippen MR) is 344 cm³/mol. The van der Waals surface area contributed by atoms with Gasteiger partial charge in [-0.05, 0) is 137 Å². The Labute approximate surface area is 465 Å². The Morgan fingerprint density at radius 3 is 0.487 bits per heavy atom. The molecule has 1 aliphatic carbocycles. The third-order valence-corrected chi connectivity index (χ3v) is 44.3. The van der Waals surface area contributed by atoms with Gasteiger partial charge in [0.15, 0.2) is 0 Å². The van der Waals surface area contributed by atoms with Crippen molar-refractivity contribution in [2.24, 2.45) is 0 Å². The van der Waals surface area contributed by atoms with Crippen LogP contribution < -0.4 is 0 Å². The summed E-state index contributed by atoms with van der Waals surface area (Å²) in [7, 11) is -8.14. The summed E-state index contributed by atoms with van der Waals surface area (Å²) in [5, 5.41) is 0. The van der Waals surface area contributed by atoms with Gasteiger partial charge >= 0.3 is 0 Å². The number of nitrogens with zero attached hydrogens (tertiary/aromatic N) is 4. The first-order valence-electron chi connectivity index (χ1n) is 29.2. The average molecular weight is 1080 g/mol. The number of aromatic nitrogens is 4. The summed E-state index contributed by atoms with van der Waals surface area (Å²) >= 11 is 0. The molecule has 8 heteroatoms. The first-order valence-corrected chi connectivity index (χ1v) is 38.2. The van der Waals surface area contributed by atoms with Crippen molar-refractivity contribution in [2.75, 3.05) is 0 Å². The molecule has 0 aliphatic heterocycles. The zero-order chi connectivity index (χ0) is 56.3. The Bertz CT molecular complexity index is 2910. The van der Waals surface area contributed by atoms with Crippen molar-refractivity contribution in [1.82, 2.24) is 19.9 Å². The second-order valence-corrected chi connectivity index (χ2v) is 48.9. The molecule has 0 spiro atoms. The summed E-state index contributed by atoms with van der Waals surface area (Å²) in [6, 6.07) is 17.7. The van der Waals surface area contributed by atoms with Crippen LogP contribution in [0.5, 0.6) is 0 Å². The molecular formula is C68H92N4Si4. The van der Waals surface area contributed by atoms with Crippen molar-refractivity contribution < 1.29 is 0 Å². The fourth-order valence-electron chi connectivity index (χ4n) is 15.2. The third kappa shape index (κ3) is 10.0. The quantitative estimate of drug-likeness (QED) is 0.0695. The minimum absolute atomic E-state index is 0.524. The van der Waals surface area contributed by atoms with E-state index in [-0.39, 0.29) is 0 Å². The minimum Gasteiger partial charge on any atom is -0.244 e. The van der Waals surface area contributed by atoms with Crippen molar-refractivity contribution in [3.05, 3.63) is 70.8 Å². The molecule has 0 saturated heterocycles. The molecule has 6 aromatic rings. The highest BCUT2D eigenvalue weighted by atomic mass is 28.3. The lowest BCUT2D eigenvalue weighted by atomic mass is 9.80. The molecule has 0 fully saturated rings. The van der Waals surface area contributed by atoms with Gasteiger partial charge in [-0.25, -0.2) is 19.9 Å². The fourth-order valence-corrected chi connectivity index (χ4v) is 36.1. The van der Waals surface area contributed by atoms with E-state index in [4.69, 9.17) is 19.9 Å². The van der Waals surface area contributed by atoms with E-state index in [9.17, 15) is 0 Å². The number of rotatable bonds is 12. The van der Waals surface area contributed by atoms with Gasteiger partial charge in [-0.3, -0.25) is 0 Å². The van der Waals surface area contributed by atoms with E-state index < -0.39 is 32.3 Å². The number of fused-ring (bicyclic) bond motifs is 8. The normalized spacial score (nSPS) is 13.2. The van der Waals surface area contributed by atoms with Crippen LogP contribution >= 0.6 is 0 Å². The van der Waals surface area contributed by atoms with E-state index in [1.54, 1.807) is 0 Å². The molecule has 1 aliphatic rings. The fraction of sp³-hybridized carbons (Fsp3) is 0.529. The molecular weight excluding hydrogens is 985 g/mol. The Kier molecular flexibility index (Phi) is 17.1. The van der Waals surface area contributed by atoms with Crippen LogP contribution in [0.25, 0.3) is 66.4 Å². The monoisotopic (exact) mass is 1080 g/mol. The van der Waals surface area contributed by atoms with Gasteiger partial charge in [0.2, 0.25) is 0 Å². The standard InChI is InChI=1S/C68H92N4Si4/c1-41(2)73(42(3)4,43(5)6)29-25-53-33-61-62(34-54(53)26-30-74(44(7)8,45(9)10)46(11)12)70-66-38-58-57(37-65(66)69-61)59-39-67-68(40-60(58)59)72-64-36-56(28-32-76(50(19)20,51(21)22)52(23)24)55(35-63(64)71-67)27-31-75(47(13)14,48(15)16)49(17)18/h33-52H,1-24H3. The zero-order valence-electron chi connectivity index (χ0n) is 51.3. The third-order valence-electron chi connectivity index (χ3n) is 19.1. The summed E-state index contributed by atoms with van der Waals surface area (Å²) in [5.74, 6) is 15.3. The lowest BCUT2D eigenvalue weighted by molar-refractivity contribution is 0.838. The van der Waals surface area contributed by atoms with Crippen molar-refractivity contribution in [3.8, 4) is 68.1 Å². The topological polar surface area (TPSA) is 51.6 Å². The van der Waals surface area contributed by atoms with Crippen molar-refractivity contribution in [3.63, 3.8) is 0 Å². The molecule has 76 heavy (non-hydrogen) atoms. The van der Waals surface area contributed by atoms with Crippen LogP contribution in [0.1, 0.15) is 188 Å². The van der Waals surface area contributed by atoms with Crippen LogP contribution in [0, 0.1) is 45.9 Å². The molecule has 0 bridgehead atoms. The highest BCUT2D eigenvalue weighted by Gasteiger charge is 2.45. The maximum absolute atomic E-state index is 5.37. The van der Waals surface area contributed by atoms with Gasteiger partial charge in [-0.15, -0.1) is 22.2 Å². The van der Waals surface area contributed by atoms with Crippen molar-refractivity contribution in [1.29, 1.82) is 0 Å². The Balaban J connectivity index is 1.42. The molecule has 4 aromatic carbocycles. The number of hydrogen-bond donors (Lipinski definition) is 0. The van der Waals surface area contributed by atoms with Crippen LogP contribution in [0.4, 0.5) is 0 Å². The molecule has 2 aromatic heterocycles. The highest BCUT2D eigenvalue weighted by Crippen LogP contribution is 2.50. The highest BCUT2D eigenvalue weighted by molar-refractivity contribution is 6.92. The van der Waals surface area contributed by atoms with E-state index in [1.165, 1.54) is 22.3 Å². The van der Waals surface area contributed by atoms with E-state index in [0.29, 0.717) is 66.5 Å². The maximum Gasteiger partial charge on any atom is 0.146 e. The molecule has 0 radical (unpaired) electrons. The van der Waals surface area contributed by atoms with Crippen LogP contribution in [0.3, 0.4) is 0 Å². The first kappa shape index (κ1) is 58.9. The van der Waals surface area contributed by atoms with Crippen LogP contribution in [0.15, 0.2) is 48.5 Å². The summed E-state index contributed by atoms with van der Waals surface area (Å²) < 4.78 is 0. The summed E-state index contributed by atoms with van der Waals surface area (Å²) in [6.07, 6.45) is 0. The maximum atomic E-state index is 5.37. The lowest BCUT2D eigenvalue weighted by Crippen LogP contribution is -2.43. The van der Waals surface area contributed by atoms with E-state index in [0.717, 1.165) is 66.4 Å². The van der Waals surface area contributed by atoms with E-state index >= 15 is 0 Å². The second kappa shape index (κ2) is 22.1. The first-order chi connectivity index (χ1) is 35.5. The van der Waals surface area contributed by atoms with Gasteiger partial charge in [0, 0.05) is 22.3 Å². The molecule has 0 N–H and O–H groups in total. The molecule has 0 atom stereocenters. The average Bonchev–Trinajstić information content (AvgIpc) is 3.36. The minimum atomic E-state index is -2.04. The molecule has 400 valence electrons. The Hall–Kier alpha value is -4.81. The lowest BCUT2D eigenvalue weighted by Gasteiger charge is -2.38. The van der Waals surface area contributed by atoms with Gasteiger partial charge < -0.3 is 0 Å². The smallest absolute Gasteiger partial charge is 0.146 e. The van der Waals surface area contributed by atoms with E-state index in [2.05, 4.69) is 261 Å². The zero-order valence-corrected chi connectivity index (χ0v) is 55.3. The van der Waals surface area contributed by atoms with Crippen molar-refractivity contribution >= 4 is 76.4 Å². The molecule has 4 nitrogen and oxygen atoms in total. The van der Waals surface area contributed by atoms with Gasteiger partial charge in [-0.2, -0.15) is 0 Å². The van der Waals surface area contributed by atoms with Gasteiger partial charge in [0.1, 0.15) is 32.3 Å². The summed E-state index contributed by atoms with van der Waals surface area (Å²) in [4.78, 5) is 21.5. The number of hydrogen-bond acceptors (Lipinski definition) is 4. The SMILES string of the molecule is CC(C)[Si](C#Cc1cc2nc3cc4c(cc3nc2cc1C#C[Si](C(C)C)(C(C)C)C(C)C)-c1cc2nc3cc(C#C[Si](C(C)C)(C(C)C)C(C)C)c(C#C[Si](C(C)C)(C(C)C)C(C)C)cc3nc2cc1-4)(C(C)C)C(C)C.